The van der Waals surface area contributed by atoms with E-state index in [4.69, 9.17) is 4.74 Å². The number of carbonyl (C=O) groups excluding carboxylic acids is 2. The van der Waals surface area contributed by atoms with Crippen molar-refractivity contribution in [2.75, 3.05) is 19.4 Å². The number of anilines is 1. The van der Waals surface area contributed by atoms with Gasteiger partial charge in [0.25, 0.3) is 5.91 Å². The number of ether oxygens (including phenoxy) is 1. The molecule has 0 radical (unpaired) electrons. The van der Waals surface area contributed by atoms with Crippen LogP contribution in [0.2, 0.25) is 0 Å². The van der Waals surface area contributed by atoms with Gasteiger partial charge in [0.1, 0.15) is 5.82 Å². The molecule has 2 aromatic rings. The van der Waals surface area contributed by atoms with E-state index in [1.807, 2.05) is 0 Å². The summed E-state index contributed by atoms with van der Waals surface area (Å²) < 4.78 is 43.8. The highest BCUT2D eigenvalue weighted by Gasteiger charge is 2.22. The minimum absolute atomic E-state index is 0.0165. The average Bonchev–Trinajstić information content (AvgIpc) is 2.63. The number of esters is 1. The zero-order valence-electron chi connectivity index (χ0n) is 15.9. The van der Waals surface area contributed by atoms with Crippen molar-refractivity contribution < 1.29 is 27.1 Å². The van der Waals surface area contributed by atoms with Crippen LogP contribution in [0.1, 0.15) is 22.8 Å². The number of nitrogens with one attached hydrogen (secondary N) is 1. The molecule has 1 N–H and O–H groups in total. The molecule has 7 nitrogen and oxygen atoms in total. The summed E-state index contributed by atoms with van der Waals surface area (Å²) in [5, 5.41) is 2.56. The highest BCUT2D eigenvalue weighted by Crippen LogP contribution is 2.22. The first-order chi connectivity index (χ1) is 13.0. The molecule has 0 saturated heterocycles. The molecule has 0 aliphatic rings. The molecule has 9 heteroatoms. The van der Waals surface area contributed by atoms with Crippen LogP contribution in [0.4, 0.5) is 10.1 Å². The molecule has 28 heavy (non-hydrogen) atoms. The maximum Gasteiger partial charge on any atom is 0.339 e. The molecular weight excluding hydrogens is 387 g/mol. The molecule has 0 fully saturated rings. The lowest BCUT2D eigenvalue weighted by atomic mass is 10.2. The molecule has 0 aliphatic carbocycles. The van der Waals surface area contributed by atoms with Gasteiger partial charge >= 0.3 is 5.97 Å². The number of rotatable bonds is 6. The number of benzene rings is 2. The summed E-state index contributed by atoms with van der Waals surface area (Å²) in [6.07, 6.45) is -1.18. The number of nitrogens with zero attached hydrogens (tertiary/aromatic N) is 1. The van der Waals surface area contributed by atoms with Gasteiger partial charge in [-0.25, -0.2) is 21.9 Å². The van der Waals surface area contributed by atoms with E-state index in [9.17, 15) is 22.4 Å². The summed E-state index contributed by atoms with van der Waals surface area (Å²) in [6.45, 7) is 3.06. The van der Waals surface area contributed by atoms with Gasteiger partial charge in [-0.05, 0) is 49.7 Å². The Kier molecular flexibility index (Phi) is 6.52. The Balaban J connectivity index is 2.14. The lowest BCUT2D eigenvalue weighted by Crippen LogP contribution is -2.30. The van der Waals surface area contributed by atoms with Crippen LogP contribution in [0.15, 0.2) is 47.4 Å². The molecule has 2 aromatic carbocycles. The van der Waals surface area contributed by atoms with Crippen molar-refractivity contribution >= 4 is 27.6 Å². The van der Waals surface area contributed by atoms with Gasteiger partial charge in [0.05, 0.1) is 10.5 Å². The third-order valence-corrected chi connectivity index (χ3v) is 5.77. The van der Waals surface area contributed by atoms with E-state index in [1.54, 1.807) is 13.0 Å². The summed E-state index contributed by atoms with van der Waals surface area (Å²) in [4.78, 5) is 24.4. The van der Waals surface area contributed by atoms with Crippen LogP contribution >= 0.6 is 0 Å². The summed E-state index contributed by atoms with van der Waals surface area (Å²) in [5.74, 6) is -2.09. The largest absolute Gasteiger partial charge is 0.449 e. The number of halogens is 1. The third kappa shape index (κ3) is 4.93. The van der Waals surface area contributed by atoms with Gasteiger partial charge in [-0.15, -0.1) is 0 Å². The van der Waals surface area contributed by atoms with Gasteiger partial charge in [-0.2, -0.15) is 0 Å². The van der Waals surface area contributed by atoms with Gasteiger partial charge in [-0.1, -0.05) is 12.1 Å². The van der Waals surface area contributed by atoms with E-state index in [2.05, 4.69) is 5.32 Å². The highest BCUT2D eigenvalue weighted by molar-refractivity contribution is 7.89. The first-order valence-corrected chi connectivity index (χ1v) is 9.77. The fraction of sp³-hybridized carbons (Fsp3) is 0.263. The van der Waals surface area contributed by atoms with E-state index < -0.39 is 33.8 Å². The molecule has 0 aliphatic heterocycles. The Morgan fingerprint density at radius 2 is 1.82 bits per heavy atom. The van der Waals surface area contributed by atoms with Gasteiger partial charge in [0.15, 0.2) is 6.10 Å². The van der Waals surface area contributed by atoms with Gasteiger partial charge < -0.3 is 10.1 Å². The van der Waals surface area contributed by atoms with E-state index in [-0.39, 0.29) is 16.1 Å². The first-order valence-electron chi connectivity index (χ1n) is 8.33. The second kappa shape index (κ2) is 8.49. The Bertz CT molecular complexity index is 1010. The lowest BCUT2D eigenvalue weighted by Gasteiger charge is -2.17. The maximum absolute atomic E-state index is 13.2. The maximum atomic E-state index is 13.2. The van der Waals surface area contributed by atoms with Crippen LogP contribution in [0.3, 0.4) is 0 Å². The molecule has 0 saturated carbocycles. The van der Waals surface area contributed by atoms with E-state index in [0.29, 0.717) is 5.56 Å². The van der Waals surface area contributed by atoms with Crippen molar-refractivity contribution in [2.24, 2.45) is 0 Å². The smallest absolute Gasteiger partial charge is 0.339 e. The van der Waals surface area contributed by atoms with E-state index in [1.165, 1.54) is 51.4 Å². The van der Waals surface area contributed by atoms with E-state index >= 15 is 0 Å². The molecule has 1 unspecified atom stereocenters. The number of hydrogen-bond acceptors (Lipinski definition) is 5. The van der Waals surface area contributed by atoms with Crippen LogP contribution in [0, 0.1) is 12.7 Å². The minimum atomic E-state index is -3.67. The van der Waals surface area contributed by atoms with Crippen molar-refractivity contribution in [3.8, 4) is 0 Å². The standard InChI is InChI=1S/C19H21FN2O5S/c1-12-8-9-16(28(25,26)22(3)4)11-17(12)21-18(23)13(2)27-19(24)14-6-5-7-15(20)10-14/h5-11,13H,1-4H3,(H,21,23). The Hall–Kier alpha value is -2.78. The molecular formula is C19H21FN2O5S. The fourth-order valence-electron chi connectivity index (χ4n) is 2.24. The number of amides is 1. The predicted molar refractivity (Wildman–Crippen MR) is 102 cm³/mol. The second-order valence-electron chi connectivity index (χ2n) is 6.31. The summed E-state index contributed by atoms with van der Waals surface area (Å²) in [7, 11) is -0.862. The summed E-state index contributed by atoms with van der Waals surface area (Å²) >= 11 is 0. The van der Waals surface area contributed by atoms with Gasteiger partial charge in [0, 0.05) is 19.8 Å². The van der Waals surface area contributed by atoms with Gasteiger partial charge in [-0.3, -0.25) is 4.79 Å². The van der Waals surface area contributed by atoms with Crippen LogP contribution in [0.5, 0.6) is 0 Å². The Morgan fingerprint density at radius 3 is 2.43 bits per heavy atom. The van der Waals surface area contributed by atoms with Crippen molar-refractivity contribution in [1.82, 2.24) is 4.31 Å². The Morgan fingerprint density at radius 1 is 1.14 bits per heavy atom. The molecule has 0 spiro atoms. The van der Waals surface area contributed by atoms with Crippen LogP contribution in [0.25, 0.3) is 0 Å². The quantitative estimate of drug-likeness (QED) is 0.742. The molecule has 1 amide bonds. The second-order valence-corrected chi connectivity index (χ2v) is 8.46. The minimum Gasteiger partial charge on any atom is -0.449 e. The molecule has 2 rings (SSSR count). The molecule has 1 atom stereocenters. The van der Waals surface area contributed by atoms with Crippen LogP contribution in [-0.2, 0) is 19.6 Å². The number of hydrogen-bond donors (Lipinski definition) is 1. The summed E-state index contributed by atoms with van der Waals surface area (Å²) in [5.41, 5.74) is 0.895. The highest BCUT2D eigenvalue weighted by atomic mass is 32.2. The predicted octanol–water partition coefficient (Wildman–Crippen LogP) is 2.57. The lowest BCUT2D eigenvalue weighted by molar-refractivity contribution is -0.123. The number of carbonyl (C=O) groups is 2. The number of sulfonamides is 1. The van der Waals surface area contributed by atoms with Crippen molar-refractivity contribution in [2.45, 2.75) is 24.8 Å². The normalized spacial score (nSPS) is 12.5. The molecule has 0 heterocycles. The number of aryl methyl sites for hydroxylation is 1. The van der Waals surface area contributed by atoms with Crippen molar-refractivity contribution in [3.05, 3.63) is 59.4 Å². The molecule has 0 bridgehead atoms. The first kappa shape index (κ1) is 21.5. The zero-order valence-corrected chi connectivity index (χ0v) is 16.7. The van der Waals surface area contributed by atoms with Gasteiger partial charge in [0.2, 0.25) is 10.0 Å². The molecule has 150 valence electrons. The van der Waals surface area contributed by atoms with Crippen molar-refractivity contribution in [3.63, 3.8) is 0 Å². The van der Waals surface area contributed by atoms with Crippen LogP contribution < -0.4 is 5.32 Å². The van der Waals surface area contributed by atoms with Crippen LogP contribution in [-0.4, -0.2) is 44.8 Å². The third-order valence-electron chi connectivity index (χ3n) is 3.96. The topological polar surface area (TPSA) is 92.8 Å². The van der Waals surface area contributed by atoms with E-state index in [0.717, 1.165) is 10.4 Å². The summed E-state index contributed by atoms with van der Waals surface area (Å²) in [6, 6.07) is 9.26. The Labute approximate surface area is 163 Å². The monoisotopic (exact) mass is 408 g/mol. The van der Waals surface area contributed by atoms with Crippen molar-refractivity contribution in [1.29, 1.82) is 0 Å². The SMILES string of the molecule is Cc1ccc(S(=O)(=O)N(C)C)cc1NC(=O)C(C)OC(=O)c1cccc(F)c1. The fourth-order valence-corrected chi connectivity index (χ4v) is 3.17. The molecule has 0 aromatic heterocycles. The average molecular weight is 408 g/mol. The zero-order chi connectivity index (χ0) is 21.1.